The van der Waals surface area contributed by atoms with Crippen LogP contribution < -0.4 is 5.32 Å². The van der Waals surface area contributed by atoms with Crippen molar-refractivity contribution in [3.05, 3.63) is 17.5 Å². The Balaban J connectivity index is 1.94. The molecule has 0 unspecified atom stereocenters. The molecule has 0 spiro atoms. The zero-order valence-electron chi connectivity index (χ0n) is 8.58. The number of aryl methyl sites for hydroxylation is 2. The van der Waals surface area contributed by atoms with E-state index in [2.05, 4.69) is 15.3 Å². The van der Waals surface area contributed by atoms with Crippen LogP contribution in [0, 0.1) is 19.8 Å². The molecule has 1 saturated heterocycles. The van der Waals surface area contributed by atoms with Gasteiger partial charge < -0.3 is 5.32 Å². The first-order valence-corrected chi connectivity index (χ1v) is 5.88. The molecule has 1 N–H and O–H groups in total. The third-order valence-corrected chi connectivity index (χ3v) is 3.35. The molecule has 0 radical (unpaired) electrons. The van der Waals surface area contributed by atoms with Gasteiger partial charge in [-0.2, -0.15) is 0 Å². The van der Waals surface area contributed by atoms with Gasteiger partial charge in [0.25, 0.3) is 0 Å². The quantitative estimate of drug-likeness (QED) is 0.603. The Morgan fingerprint density at radius 3 is 2.50 bits per heavy atom. The topological polar surface area (TPSA) is 37.8 Å². The van der Waals surface area contributed by atoms with Gasteiger partial charge >= 0.3 is 0 Å². The minimum Gasteiger partial charge on any atom is -0.316 e. The largest absolute Gasteiger partial charge is 0.316 e. The second-order valence-corrected chi connectivity index (χ2v) is 4.76. The van der Waals surface area contributed by atoms with E-state index < -0.39 is 0 Å². The van der Waals surface area contributed by atoms with Gasteiger partial charge in [0.15, 0.2) is 5.16 Å². The highest BCUT2D eigenvalue weighted by atomic mass is 32.2. The first-order chi connectivity index (χ1) is 6.74. The van der Waals surface area contributed by atoms with E-state index in [-0.39, 0.29) is 0 Å². The number of aromatic nitrogens is 2. The molecular formula is C10H15N3S. The smallest absolute Gasteiger partial charge is 0.187 e. The summed E-state index contributed by atoms with van der Waals surface area (Å²) in [5, 5.41) is 4.19. The van der Waals surface area contributed by atoms with Crippen molar-refractivity contribution in [2.75, 3.05) is 18.8 Å². The van der Waals surface area contributed by atoms with Crippen molar-refractivity contribution in [3.63, 3.8) is 0 Å². The number of nitrogens with one attached hydrogen (secondary N) is 1. The highest BCUT2D eigenvalue weighted by Crippen LogP contribution is 2.19. The zero-order chi connectivity index (χ0) is 9.97. The molecule has 1 aromatic rings. The fraction of sp³-hybridized carbons (Fsp3) is 0.600. The van der Waals surface area contributed by atoms with E-state index in [1.165, 1.54) is 0 Å². The molecule has 14 heavy (non-hydrogen) atoms. The monoisotopic (exact) mass is 209 g/mol. The summed E-state index contributed by atoms with van der Waals surface area (Å²) in [6.45, 7) is 6.34. The predicted molar refractivity (Wildman–Crippen MR) is 58.6 cm³/mol. The normalized spacial score (nSPS) is 16.7. The lowest BCUT2D eigenvalue weighted by molar-refractivity contribution is 0.385. The molecule has 1 aliphatic rings. The summed E-state index contributed by atoms with van der Waals surface area (Å²) in [7, 11) is 0. The number of hydrogen-bond donors (Lipinski definition) is 1. The highest BCUT2D eigenvalue weighted by molar-refractivity contribution is 7.99. The van der Waals surface area contributed by atoms with Crippen LogP contribution in [0.25, 0.3) is 0 Å². The van der Waals surface area contributed by atoms with E-state index in [9.17, 15) is 0 Å². The van der Waals surface area contributed by atoms with Crippen LogP contribution in [0.3, 0.4) is 0 Å². The number of rotatable bonds is 3. The SMILES string of the molecule is Cc1cc(C)nc(SCC2CNC2)n1. The van der Waals surface area contributed by atoms with Gasteiger partial charge in [-0.3, -0.25) is 0 Å². The van der Waals surface area contributed by atoms with Crippen LogP contribution in [-0.2, 0) is 0 Å². The van der Waals surface area contributed by atoms with Crippen LogP contribution in [0.15, 0.2) is 11.2 Å². The molecule has 0 aliphatic carbocycles. The molecule has 2 rings (SSSR count). The Morgan fingerprint density at radius 2 is 2.00 bits per heavy atom. The minimum atomic E-state index is 0.810. The summed E-state index contributed by atoms with van der Waals surface area (Å²) < 4.78 is 0. The molecule has 2 heterocycles. The summed E-state index contributed by atoms with van der Waals surface area (Å²) in [6, 6.07) is 2.01. The van der Waals surface area contributed by atoms with Crippen LogP contribution in [0.1, 0.15) is 11.4 Å². The van der Waals surface area contributed by atoms with E-state index >= 15 is 0 Å². The van der Waals surface area contributed by atoms with E-state index in [0.717, 1.165) is 41.3 Å². The first kappa shape index (κ1) is 9.93. The van der Waals surface area contributed by atoms with Gasteiger partial charge in [0.05, 0.1) is 0 Å². The van der Waals surface area contributed by atoms with Gasteiger partial charge in [-0.1, -0.05) is 11.8 Å². The number of hydrogen-bond acceptors (Lipinski definition) is 4. The van der Waals surface area contributed by atoms with Gasteiger partial charge in [0.1, 0.15) is 0 Å². The summed E-state index contributed by atoms with van der Waals surface area (Å²) in [6.07, 6.45) is 0. The van der Waals surface area contributed by atoms with Gasteiger partial charge in [0, 0.05) is 17.1 Å². The second kappa shape index (κ2) is 4.28. The zero-order valence-corrected chi connectivity index (χ0v) is 9.40. The van der Waals surface area contributed by atoms with Crippen molar-refractivity contribution in [2.24, 2.45) is 5.92 Å². The minimum absolute atomic E-state index is 0.810. The standard InChI is InChI=1S/C10H15N3S/c1-7-3-8(2)13-10(12-7)14-6-9-4-11-5-9/h3,9,11H,4-6H2,1-2H3. The van der Waals surface area contributed by atoms with Crippen molar-refractivity contribution in [3.8, 4) is 0 Å². The maximum Gasteiger partial charge on any atom is 0.187 e. The van der Waals surface area contributed by atoms with Crippen LogP contribution in [0.2, 0.25) is 0 Å². The van der Waals surface area contributed by atoms with Crippen molar-refractivity contribution in [1.29, 1.82) is 0 Å². The molecule has 3 nitrogen and oxygen atoms in total. The molecule has 0 amide bonds. The molecular weight excluding hydrogens is 194 g/mol. The Kier molecular flexibility index (Phi) is 3.03. The molecule has 0 saturated carbocycles. The third-order valence-electron chi connectivity index (χ3n) is 2.28. The Hall–Kier alpha value is -0.610. The summed E-state index contributed by atoms with van der Waals surface area (Å²) in [5.41, 5.74) is 2.12. The lowest BCUT2D eigenvalue weighted by Gasteiger charge is -2.26. The van der Waals surface area contributed by atoms with E-state index in [0.29, 0.717) is 0 Å². The average molecular weight is 209 g/mol. The molecule has 0 bridgehead atoms. The average Bonchev–Trinajstić information content (AvgIpc) is 1.99. The third kappa shape index (κ3) is 2.45. The Bertz CT molecular complexity index is 303. The molecule has 0 aromatic carbocycles. The van der Waals surface area contributed by atoms with Crippen molar-refractivity contribution < 1.29 is 0 Å². The maximum absolute atomic E-state index is 4.40. The summed E-state index contributed by atoms with van der Waals surface area (Å²) >= 11 is 1.77. The Labute approximate surface area is 88.7 Å². The summed E-state index contributed by atoms with van der Waals surface area (Å²) in [5.74, 6) is 1.94. The lowest BCUT2D eigenvalue weighted by Crippen LogP contribution is -2.43. The number of nitrogens with zero attached hydrogens (tertiary/aromatic N) is 2. The molecule has 0 atom stereocenters. The van der Waals surface area contributed by atoms with E-state index in [1.54, 1.807) is 11.8 Å². The van der Waals surface area contributed by atoms with E-state index in [1.807, 2.05) is 19.9 Å². The van der Waals surface area contributed by atoms with Gasteiger partial charge in [-0.25, -0.2) is 9.97 Å². The molecule has 1 aliphatic heterocycles. The second-order valence-electron chi connectivity index (χ2n) is 3.77. The van der Waals surface area contributed by atoms with Gasteiger partial charge in [-0.15, -0.1) is 0 Å². The molecule has 76 valence electrons. The number of thioether (sulfide) groups is 1. The van der Waals surface area contributed by atoms with Crippen molar-refractivity contribution in [2.45, 2.75) is 19.0 Å². The van der Waals surface area contributed by atoms with Crippen LogP contribution in [0.4, 0.5) is 0 Å². The van der Waals surface area contributed by atoms with E-state index in [4.69, 9.17) is 0 Å². The lowest BCUT2D eigenvalue weighted by atomic mass is 10.1. The van der Waals surface area contributed by atoms with Crippen LogP contribution in [0.5, 0.6) is 0 Å². The highest BCUT2D eigenvalue weighted by Gasteiger charge is 2.17. The predicted octanol–water partition coefficient (Wildman–Crippen LogP) is 1.40. The van der Waals surface area contributed by atoms with Crippen molar-refractivity contribution >= 4 is 11.8 Å². The van der Waals surface area contributed by atoms with Crippen LogP contribution >= 0.6 is 11.8 Å². The molecule has 4 heteroatoms. The van der Waals surface area contributed by atoms with Crippen molar-refractivity contribution in [1.82, 2.24) is 15.3 Å². The molecule has 1 fully saturated rings. The van der Waals surface area contributed by atoms with Gasteiger partial charge in [0.2, 0.25) is 0 Å². The Morgan fingerprint density at radius 1 is 1.36 bits per heavy atom. The molecule has 1 aromatic heterocycles. The van der Waals surface area contributed by atoms with Crippen LogP contribution in [-0.4, -0.2) is 28.8 Å². The first-order valence-electron chi connectivity index (χ1n) is 4.90. The summed E-state index contributed by atoms with van der Waals surface area (Å²) in [4.78, 5) is 8.79. The van der Waals surface area contributed by atoms with Gasteiger partial charge in [-0.05, 0) is 38.9 Å². The fourth-order valence-electron chi connectivity index (χ4n) is 1.42. The fourth-order valence-corrected chi connectivity index (χ4v) is 2.45. The maximum atomic E-state index is 4.40.